The van der Waals surface area contributed by atoms with Crippen LogP contribution in [0.3, 0.4) is 0 Å². The lowest BCUT2D eigenvalue weighted by Crippen LogP contribution is -2.24. The van der Waals surface area contributed by atoms with E-state index in [4.69, 9.17) is 5.73 Å². The number of nitrogens with zero attached hydrogens (tertiary/aromatic N) is 1. The molecule has 162 valence electrons. The second-order valence-corrected chi connectivity index (χ2v) is 8.62. The van der Waals surface area contributed by atoms with Crippen LogP contribution < -0.4 is 11.3 Å². The number of carboxylic acid groups (broad SMARTS) is 2. The smallest absolute Gasteiger partial charge is 0.342 e. The fourth-order valence-electron chi connectivity index (χ4n) is 3.52. The van der Waals surface area contributed by atoms with Crippen molar-refractivity contribution < 1.29 is 28.2 Å². The number of benzene rings is 2. The predicted octanol–water partition coefficient (Wildman–Crippen LogP) is 2.21. The summed E-state index contributed by atoms with van der Waals surface area (Å²) in [5.74, 6) is -3.65. The molecule has 4 aromatic rings. The Balaban J connectivity index is 1.98. The largest absolute Gasteiger partial charge is 0.478 e. The molecule has 0 radical (unpaired) electrons. The Hall–Kier alpha value is -4.38. The standard InChI is InChI=1S/C21H15N3O7S/c22-18-16(20(26)27)15(17(21(28)29)19(25)23-18)12-6-7-14-11(10-12)8-9-24(14)32(30,31)13-4-2-1-3-5-13/h1-10H,(H,26,27)(H,28,29)(H3,22,23,25). The molecule has 11 heteroatoms. The van der Waals surface area contributed by atoms with Crippen molar-refractivity contribution in [1.82, 2.24) is 8.96 Å². The number of aromatic nitrogens is 2. The van der Waals surface area contributed by atoms with Crippen LogP contribution >= 0.6 is 0 Å². The van der Waals surface area contributed by atoms with E-state index in [0.717, 1.165) is 3.97 Å². The van der Waals surface area contributed by atoms with Crippen LogP contribution in [0.25, 0.3) is 22.0 Å². The molecule has 0 aliphatic carbocycles. The van der Waals surface area contributed by atoms with E-state index in [9.17, 15) is 33.0 Å². The molecule has 0 amide bonds. The number of aromatic carboxylic acids is 2. The highest BCUT2D eigenvalue weighted by atomic mass is 32.2. The number of rotatable bonds is 5. The minimum absolute atomic E-state index is 0.0743. The average Bonchev–Trinajstić information content (AvgIpc) is 3.17. The van der Waals surface area contributed by atoms with Gasteiger partial charge >= 0.3 is 11.9 Å². The van der Waals surface area contributed by atoms with Gasteiger partial charge in [0.15, 0.2) is 0 Å². The lowest BCUT2D eigenvalue weighted by Gasteiger charge is -2.13. The van der Waals surface area contributed by atoms with E-state index in [0.29, 0.717) is 5.39 Å². The van der Waals surface area contributed by atoms with E-state index in [1.165, 1.54) is 42.6 Å². The molecule has 2 aromatic carbocycles. The molecular formula is C21H15N3O7S. The van der Waals surface area contributed by atoms with Crippen molar-refractivity contribution in [2.24, 2.45) is 0 Å². The van der Waals surface area contributed by atoms with Gasteiger partial charge in [0.05, 0.1) is 10.4 Å². The summed E-state index contributed by atoms with van der Waals surface area (Å²) in [7, 11) is -3.90. The first-order chi connectivity index (χ1) is 15.1. The van der Waals surface area contributed by atoms with Gasteiger partial charge in [0.2, 0.25) is 0 Å². The third kappa shape index (κ3) is 3.20. The van der Waals surface area contributed by atoms with Crippen molar-refractivity contribution in [2.45, 2.75) is 4.90 Å². The topological polar surface area (TPSA) is 173 Å². The van der Waals surface area contributed by atoms with Crippen molar-refractivity contribution >= 4 is 38.7 Å². The Kier molecular flexibility index (Phi) is 4.82. The molecule has 4 rings (SSSR count). The third-order valence-electron chi connectivity index (χ3n) is 4.92. The maximum atomic E-state index is 13.0. The number of anilines is 1. The lowest BCUT2D eigenvalue weighted by atomic mass is 9.94. The average molecular weight is 453 g/mol. The van der Waals surface area contributed by atoms with Crippen LogP contribution in [-0.4, -0.2) is 39.5 Å². The molecule has 5 N–H and O–H groups in total. The highest BCUT2D eigenvalue weighted by Gasteiger charge is 2.27. The first kappa shape index (κ1) is 20.9. The number of fused-ring (bicyclic) bond motifs is 1. The summed E-state index contributed by atoms with van der Waals surface area (Å²) in [5.41, 5.74) is 3.24. The zero-order valence-corrected chi connectivity index (χ0v) is 17.0. The van der Waals surface area contributed by atoms with Crippen LogP contribution in [0.1, 0.15) is 20.7 Å². The normalized spacial score (nSPS) is 11.5. The number of aromatic amines is 1. The van der Waals surface area contributed by atoms with Crippen molar-refractivity contribution in [3.63, 3.8) is 0 Å². The molecule has 0 fully saturated rings. The molecule has 0 bridgehead atoms. The summed E-state index contributed by atoms with van der Waals surface area (Å²) in [6, 6.07) is 13.4. The molecule has 0 spiro atoms. The third-order valence-corrected chi connectivity index (χ3v) is 6.62. The second kappa shape index (κ2) is 7.39. The van der Waals surface area contributed by atoms with Crippen LogP contribution in [-0.2, 0) is 10.0 Å². The first-order valence-electron chi connectivity index (χ1n) is 9.07. The second-order valence-electron chi connectivity index (χ2n) is 6.81. The van der Waals surface area contributed by atoms with Crippen molar-refractivity contribution in [3.8, 4) is 11.1 Å². The summed E-state index contributed by atoms with van der Waals surface area (Å²) < 4.78 is 27.0. The molecule has 2 heterocycles. The van der Waals surface area contributed by atoms with Gasteiger partial charge in [-0.25, -0.2) is 22.0 Å². The van der Waals surface area contributed by atoms with Crippen LogP contribution in [0.2, 0.25) is 0 Å². The van der Waals surface area contributed by atoms with E-state index in [1.807, 2.05) is 4.98 Å². The Morgan fingerprint density at radius 1 is 0.938 bits per heavy atom. The highest BCUT2D eigenvalue weighted by molar-refractivity contribution is 7.90. The number of nitrogen functional groups attached to an aromatic ring is 1. The molecule has 0 saturated heterocycles. The number of carbonyl (C=O) groups is 2. The Morgan fingerprint density at radius 2 is 1.59 bits per heavy atom. The van der Waals surface area contributed by atoms with E-state index in [-0.39, 0.29) is 21.5 Å². The van der Waals surface area contributed by atoms with Gasteiger partial charge in [0.1, 0.15) is 16.9 Å². The molecule has 0 aliphatic rings. The Labute approximate surface area is 180 Å². The van der Waals surface area contributed by atoms with E-state index < -0.39 is 44.5 Å². The lowest BCUT2D eigenvalue weighted by molar-refractivity contribution is 0.0695. The SMILES string of the molecule is Nc1[nH]c(=O)c(C(=O)O)c(-c2ccc3c(ccn3S(=O)(=O)c3ccccc3)c2)c1C(=O)O. The Bertz CT molecular complexity index is 1570. The van der Waals surface area contributed by atoms with Crippen LogP contribution in [0, 0.1) is 0 Å². The summed E-state index contributed by atoms with van der Waals surface area (Å²) in [4.78, 5) is 37.8. The summed E-state index contributed by atoms with van der Waals surface area (Å²) in [6.07, 6.45) is 1.33. The predicted molar refractivity (Wildman–Crippen MR) is 115 cm³/mol. The number of nitrogens with one attached hydrogen (secondary N) is 1. The number of hydrogen-bond donors (Lipinski definition) is 4. The number of carboxylic acids is 2. The summed E-state index contributed by atoms with van der Waals surface area (Å²) in [5, 5.41) is 19.5. The van der Waals surface area contributed by atoms with Crippen molar-refractivity contribution in [3.05, 3.63) is 82.3 Å². The zero-order valence-electron chi connectivity index (χ0n) is 16.1. The van der Waals surface area contributed by atoms with Crippen LogP contribution in [0.4, 0.5) is 5.82 Å². The first-order valence-corrected chi connectivity index (χ1v) is 10.5. The molecule has 32 heavy (non-hydrogen) atoms. The van der Waals surface area contributed by atoms with Gasteiger partial charge in [0.25, 0.3) is 15.6 Å². The molecule has 0 aliphatic heterocycles. The summed E-state index contributed by atoms with van der Waals surface area (Å²) >= 11 is 0. The van der Waals surface area contributed by atoms with Crippen molar-refractivity contribution in [1.29, 1.82) is 0 Å². The molecular weight excluding hydrogens is 438 g/mol. The maximum absolute atomic E-state index is 13.0. The number of H-pyrrole nitrogens is 1. The maximum Gasteiger partial charge on any atom is 0.342 e. The minimum atomic E-state index is -3.90. The van der Waals surface area contributed by atoms with Gasteiger partial charge in [-0.15, -0.1) is 0 Å². The fourth-order valence-corrected chi connectivity index (χ4v) is 4.90. The number of pyridine rings is 1. The molecule has 2 aromatic heterocycles. The van der Waals surface area contributed by atoms with Gasteiger partial charge in [-0.1, -0.05) is 24.3 Å². The number of hydrogen-bond acceptors (Lipinski definition) is 6. The number of nitrogens with two attached hydrogens (primary N) is 1. The molecule has 0 saturated carbocycles. The van der Waals surface area contributed by atoms with Crippen LogP contribution in [0.15, 0.2) is 70.5 Å². The van der Waals surface area contributed by atoms with Crippen LogP contribution in [0.5, 0.6) is 0 Å². The highest BCUT2D eigenvalue weighted by Crippen LogP contribution is 2.32. The Morgan fingerprint density at radius 3 is 2.22 bits per heavy atom. The molecule has 10 nitrogen and oxygen atoms in total. The molecule has 0 unspecified atom stereocenters. The quantitative estimate of drug-likeness (QED) is 0.356. The van der Waals surface area contributed by atoms with Gasteiger partial charge in [-0.3, -0.25) is 4.79 Å². The van der Waals surface area contributed by atoms with Gasteiger partial charge in [-0.05, 0) is 35.9 Å². The van der Waals surface area contributed by atoms with Gasteiger partial charge in [-0.2, -0.15) is 0 Å². The van der Waals surface area contributed by atoms with E-state index in [1.54, 1.807) is 18.2 Å². The summed E-state index contributed by atoms with van der Waals surface area (Å²) in [6.45, 7) is 0. The van der Waals surface area contributed by atoms with Gasteiger partial charge in [0, 0.05) is 17.1 Å². The minimum Gasteiger partial charge on any atom is -0.478 e. The molecule has 0 atom stereocenters. The fraction of sp³-hybridized carbons (Fsp3) is 0. The zero-order chi connectivity index (χ0) is 23.2. The van der Waals surface area contributed by atoms with Crippen molar-refractivity contribution in [2.75, 3.05) is 5.73 Å². The van der Waals surface area contributed by atoms with E-state index >= 15 is 0 Å². The monoisotopic (exact) mass is 453 g/mol. The van der Waals surface area contributed by atoms with Gasteiger partial charge < -0.3 is 20.9 Å². The van der Waals surface area contributed by atoms with E-state index in [2.05, 4.69) is 0 Å².